The van der Waals surface area contributed by atoms with Gasteiger partial charge in [0.2, 0.25) is 5.91 Å². The number of thiophene rings is 1. The number of thioether (sulfide) groups is 1. The first-order chi connectivity index (χ1) is 17.0. The molecule has 0 saturated carbocycles. The van der Waals surface area contributed by atoms with Gasteiger partial charge in [0.15, 0.2) is 10.3 Å². The number of amides is 1. The molecule has 0 atom stereocenters. The molecule has 6 nitrogen and oxygen atoms in total. The van der Waals surface area contributed by atoms with Gasteiger partial charge in [-0.3, -0.25) is 14.2 Å². The van der Waals surface area contributed by atoms with Crippen molar-refractivity contribution in [3.05, 3.63) is 78.8 Å². The smallest absolute Gasteiger partial charge is 0.263 e. The van der Waals surface area contributed by atoms with E-state index < -0.39 is 0 Å². The van der Waals surface area contributed by atoms with Crippen molar-refractivity contribution in [2.75, 3.05) is 11.1 Å². The Morgan fingerprint density at radius 3 is 2.83 bits per heavy atom. The van der Waals surface area contributed by atoms with Crippen LogP contribution in [0.2, 0.25) is 0 Å². The number of rotatable bonds is 8. The molecule has 35 heavy (non-hydrogen) atoms. The lowest BCUT2D eigenvalue weighted by molar-refractivity contribution is -0.113. The lowest BCUT2D eigenvalue weighted by atomic mass is 9.97. The van der Waals surface area contributed by atoms with Crippen molar-refractivity contribution in [3.8, 4) is 0 Å². The second-order valence-electron chi connectivity index (χ2n) is 8.26. The Balaban J connectivity index is 1.28. The van der Waals surface area contributed by atoms with Crippen LogP contribution in [-0.4, -0.2) is 26.2 Å². The van der Waals surface area contributed by atoms with Gasteiger partial charge in [-0.15, -0.1) is 29.3 Å². The zero-order chi connectivity index (χ0) is 24.4. The van der Waals surface area contributed by atoms with Crippen LogP contribution in [0.1, 0.15) is 33.7 Å². The summed E-state index contributed by atoms with van der Waals surface area (Å²) in [5, 5.41) is 4.75. The van der Waals surface area contributed by atoms with Gasteiger partial charge in [-0.25, -0.2) is 9.97 Å². The van der Waals surface area contributed by atoms with Crippen LogP contribution in [-0.2, 0) is 30.6 Å². The molecule has 1 aliphatic carbocycles. The van der Waals surface area contributed by atoms with E-state index in [1.807, 2.05) is 12.1 Å². The van der Waals surface area contributed by atoms with Crippen LogP contribution in [0.3, 0.4) is 0 Å². The van der Waals surface area contributed by atoms with E-state index in [-0.39, 0.29) is 17.2 Å². The van der Waals surface area contributed by atoms with Crippen LogP contribution < -0.4 is 10.9 Å². The summed E-state index contributed by atoms with van der Waals surface area (Å²) in [6.45, 7) is 4.16. The van der Waals surface area contributed by atoms with Crippen LogP contribution in [0.4, 0.5) is 5.13 Å². The monoisotopic (exact) mass is 586 g/mol. The molecule has 0 radical (unpaired) electrons. The Labute approximate surface area is 223 Å². The van der Waals surface area contributed by atoms with Gasteiger partial charge in [0.05, 0.1) is 11.1 Å². The lowest BCUT2D eigenvalue weighted by Gasteiger charge is -2.12. The molecule has 0 bridgehead atoms. The fourth-order valence-corrected chi connectivity index (χ4v) is 7.39. The molecule has 1 amide bonds. The van der Waals surface area contributed by atoms with Crippen molar-refractivity contribution in [2.45, 2.75) is 43.8 Å². The average Bonchev–Trinajstić information content (AvgIpc) is 3.45. The summed E-state index contributed by atoms with van der Waals surface area (Å²) in [6.07, 6.45) is 8.47. The van der Waals surface area contributed by atoms with Crippen LogP contribution in [0.25, 0.3) is 10.2 Å². The van der Waals surface area contributed by atoms with Gasteiger partial charge in [0.1, 0.15) is 4.83 Å². The van der Waals surface area contributed by atoms with Gasteiger partial charge >= 0.3 is 0 Å². The number of carbonyl (C=O) groups excluding carboxylic acids is 1. The van der Waals surface area contributed by atoms with Crippen molar-refractivity contribution in [2.24, 2.45) is 0 Å². The maximum Gasteiger partial charge on any atom is 0.263 e. The molecular formula is C25H23BrN4O2S3. The summed E-state index contributed by atoms with van der Waals surface area (Å²) >= 11 is 7.81. The Hall–Kier alpha value is -2.27. The Kier molecular flexibility index (Phi) is 7.52. The van der Waals surface area contributed by atoms with Gasteiger partial charge in [0.25, 0.3) is 5.56 Å². The van der Waals surface area contributed by atoms with Crippen LogP contribution >= 0.6 is 50.4 Å². The summed E-state index contributed by atoms with van der Waals surface area (Å²) in [4.78, 5) is 38.3. The molecular weight excluding hydrogens is 564 g/mol. The number of nitrogens with zero attached hydrogens (tertiary/aromatic N) is 3. The minimum atomic E-state index is -0.176. The molecule has 10 heteroatoms. The third kappa shape index (κ3) is 5.45. The zero-order valence-electron chi connectivity index (χ0n) is 18.9. The maximum absolute atomic E-state index is 13.3. The van der Waals surface area contributed by atoms with E-state index in [1.165, 1.54) is 39.1 Å². The van der Waals surface area contributed by atoms with Crippen LogP contribution in [0.5, 0.6) is 0 Å². The predicted molar refractivity (Wildman–Crippen MR) is 149 cm³/mol. The van der Waals surface area contributed by atoms with E-state index in [4.69, 9.17) is 4.98 Å². The van der Waals surface area contributed by atoms with Crippen molar-refractivity contribution in [3.63, 3.8) is 0 Å². The molecule has 4 aromatic rings. The van der Waals surface area contributed by atoms with Crippen LogP contribution in [0, 0.1) is 0 Å². The normalized spacial score (nSPS) is 13.1. The number of hydrogen-bond donors (Lipinski definition) is 1. The van der Waals surface area contributed by atoms with Gasteiger partial charge < -0.3 is 5.32 Å². The standard InChI is InChI=1S/C25H23BrN4O2S3/c1-2-11-30-23(32)21-18-5-3-4-6-19(18)35-22(21)29-25(30)33-14-20(31)28-24-27-13-17(34-24)12-15-7-9-16(26)10-8-15/h2,7-10,13H,1,3-6,11-12,14H2,(H,27,28,31). The molecule has 0 spiro atoms. The molecule has 5 rings (SSSR count). The highest BCUT2D eigenvalue weighted by molar-refractivity contribution is 9.10. The number of allylic oxidation sites excluding steroid dienone is 1. The molecule has 3 aromatic heterocycles. The molecule has 180 valence electrons. The predicted octanol–water partition coefficient (Wildman–Crippen LogP) is 6.06. The molecule has 0 unspecified atom stereocenters. The molecule has 0 aliphatic heterocycles. The van der Waals surface area contributed by atoms with E-state index in [1.54, 1.807) is 28.2 Å². The SMILES string of the molecule is C=CCn1c(SCC(=O)Nc2ncc(Cc3ccc(Br)cc3)s2)nc2sc3c(c2c1=O)CCCC3. The van der Waals surface area contributed by atoms with Gasteiger partial charge in [-0.2, -0.15) is 0 Å². The van der Waals surface area contributed by atoms with E-state index in [9.17, 15) is 9.59 Å². The van der Waals surface area contributed by atoms with E-state index >= 15 is 0 Å². The number of hydrogen-bond acceptors (Lipinski definition) is 7. The number of benzene rings is 1. The van der Waals surface area contributed by atoms with Crippen molar-refractivity contribution in [1.82, 2.24) is 14.5 Å². The van der Waals surface area contributed by atoms with Crippen molar-refractivity contribution in [1.29, 1.82) is 0 Å². The zero-order valence-corrected chi connectivity index (χ0v) is 22.9. The highest BCUT2D eigenvalue weighted by Crippen LogP contribution is 2.34. The third-order valence-electron chi connectivity index (χ3n) is 5.78. The Bertz CT molecular complexity index is 1460. The second kappa shape index (κ2) is 10.8. The fourth-order valence-electron chi connectivity index (χ4n) is 4.16. The van der Waals surface area contributed by atoms with Crippen molar-refractivity contribution < 1.29 is 4.79 Å². The van der Waals surface area contributed by atoms with Gasteiger partial charge in [-0.1, -0.05) is 45.9 Å². The molecule has 0 saturated heterocycles. The summed E-state index contributed by atoms with van der Waals surface area (Å²) in [6, 6.07) is 8.16. The van der Waals surface area contributed by atoms with Crippen LogP contribution in [0.15, 0.2) is 57.5 Å². The molecule has 3 heterocycles. The first-order valence-electron chi connectivity index (χ1n) is 11.3. The number of carbonyl (C=O) groups is 1. The first-order valence-corrected chi connectivity index (χ1v) is 14.7. The average molecular weight is 588 g/mol. The number of aromatic nitrogens is 3. The topological polar surface area (TPSA) is 76.9 Å². The Morgan fingerprint density at radius 2 is 2.03 bits per heavy atom. The number of anilines is 1. The minimum Gasteiger partial charge on any atom is -0.301 e. The third-order valence-corrected chi connectivity index (χ3v) is 9.38. The number of nitrogens with one attached hydrogen (secondary N) is 1. The van der Waals surface area contributed by atoms with Crippen molar-refractivity contribution >= 4 is 71.6 Å². The van der Waals surface area contributed by atoms with E-state index in [0.717, 1.165) is 51.7 Å². The fraction of sp³-hybridized carbons (Fsp3) is 0.280. The van der Waals surface area contributed by atoms with Gasteiger partial charge in [0, 0.05) is 33.4 Å². The quantitative estimate of drug-likeness (QED) is 0.154. The summed E-state index contributed by atoms with van der Waals surface area (Å²) in [5.41, 5.74) is 2.32. The second-order valence-corrected chi connectivity index (χ2v) is 12.3. The maximum atomic E-state index is 13.3. The molecule has 1 aromatic carbocycles. The summed E-state index contributed by atoms with van der Waals surface area (Å²) < 4.78 is 2.68. The molecule has 0 fully saturated rings. The number of aryl methyl sites for hydroxylation is 2. The summed E-state index contributed by atoms with van der Waals surface area (Å²) in [7, 11) is 0. The first kappa shape index (κ1) is 24.4. The van der Waals surface area contributed by atoms with E-state index in [0.29, 0.717) is 16.8 Å². The minimum absolute atomic E-state index is 0.0327. The molecule has 1 aliphatic rings. The lowest BCUT2D eigenvalue weighted by Crippen LogP contribution is -2.24. The largest absolute Gasteiger partial charge is 0.301 e. The highest BCUT2D eigenvalue weighted by atomic mass is 79.9. The van der Waals surface area contributed by atoms with E-state index in [2.05, 4.69) is 44.9 Å². The number of fused-ring (bicyclic) bond motifs is 3. The van der Waals surface area contributed by atoms with Gasteiger partial charge in [-0.05, 0) is 48.9 Å². The number of thiazole rings is 1. The molecule has 1 N–H and O–H groups in total. The summed E-state index contributed by atoms with van der Waals surface area (Å²) in [5.74, 6) is -0.0357. The Morgan fingerprint density at radius 1 is 1.23 bits per heavy atom. The highest BCUT2D eigenvalue weighted by Gasteiger charge is 2.22. The number of halogens is 1.